The summed E-state index contributed by atoms with van der Waals surface area (Å²) >= 11 is 0. The van der Waals surface area contributed by atoms with Gasteiger partial charge in [-0.05, 0) is 39.3 Å². The van der Waals surface area contributed by atoms with Gasteiger partial charge in [0.25, 0.3) is 0 Å². The average Bonchev–Trinajstić information content (AvgIpc) is 2.47. The van der Waals surface area contributed by atoms with Gasteiger partial charge < -0.3 is 16.0 Å². The molecule has 0 spiro atoms. The van der Waals surface area contributed by atoms with Crippen molar-refractivity contribution in [3.05, 3.63) is 0 Å². The molecule has 2 atom stereocenters. The van der Waals surface area contributed by atoms with Crippen molar-refractivity contribution >= 4 is 11.8 Å². The largest absolute Gasteiger partial charge is 0.369 e. The minimum Gasteiger partial charge on any atom is -0.369 e. The topological polar surface area (TPSA) is 78.7 Å². The monoisotopic (exact) mass is 282 g/mol. The van der Waals surface area contributed by atoms with Crippen LogP contribution in [0.5, 0.6) is 0 Å². The molecule has 2 aliphatic rings. The van der Waals surface area contributed by atoms with Crippen LogP contribution in [0.15, 0.2) is 0 Å². The highest BCUT2D eigenvalue weighted by molar-refractivity contribution is 5.81. The molecule has 2 amide bonds. The summed E-state index contributed by atoms with van der Waals surface area (Å²) in [5.74, 6) is -0.317. The Morgan fingerprint density at radius 3 is 2.65 bits per heavy atom. The number of carbonyl (C=O) groups is 2. The molecule has 0 saturated carbocycles. The molecule has 2 unspecified atom stereocenters. The molecule has 20 heavy (non-hydrogen) atoms. The van der Waals surface area contributed by atoms with Gasteiger partial charge in [-0.2, -0.15) is 0 Å². The normalized spacial score (nSPS) is 28.4. The first-order chi connectivity index (χ1) is 9.60. The van der Waals surface area contributed by atoms with Gasteiger partial charge in [-0.25, -0.2) is 0 Å². The van der Waals surface area contributed by atoms with Crippen molar-refractivity contribution in [3.63, 3.8) is 0 Å². The number of likely N-dealkylation sites (tertiary alicyclic amines) is 2. The Kier molecular flexibility index (Phi) is 5.37. The predicted octanol–water partition coefficient (Wildman–Crippen LogP) is -0.606. The lowest BCUT2D eigenvalue weighted by Gasteiger charge is -2.36. The molecular weight excluding hydrogens is 256 g/mol. The Morgan fingerprint density at radius 1 is 1.20 bits per heavy atom. The first kappa shape index (κ1) is 15.3. The van der Waals surface area contributed by atoms with Crippen LogP contribution in [0.3, 0.4) is 0 Å². The van der Waals surface area contributed by atoms with E-state index in [1.54, 1.807) is 0 Å². The van der Waals surface area contributed by atoms with Gasteiger partial charge >= 0.3 is 0 Å². The maximum absolute atomic E-state index is 12.3. The number of nitrogens with two attached hydrogens (primary N) is 1. The molecule has 0 aromatic heterocycles. The summed E-state index contributed by atoms with van der Waals surface area (Å²) < 4.78 is 0. The third-order valence-corrected chi connectivity index (χ3v) is 4.45. The fourth-order valence-corrected chi connectivity index (χ4v) is 3.16. The molecular formula is C14H26N4O2. The summed E-state index contributed by atoms with van der Waals surface area (Å²) in [6.07, 6.45) is 3.99. The van der Waals surface area contributed by atoms with Gasteiger partial charge in [0.2, 0.25) is 11.8 Å². The molecule has 114 valence electrons. The highest BCUT2D eigenvalue weighted by Crippen LogP contribution is 2.17. The molecule has 0 radical (unpaired) electrons. The van der Waals surface area contributed by atoms with Crippen molar-refractivity contribution in [2.24, 2.45) is 11.7 Å². The van der Waals surface area contributed by atoms with E-state index in [-0.39, 0.29) is 17.7 Å². The van der Waals surface area contributed by atoms with Crippen molar-refractivity contribution < 1.29 is 9.59 Å². The molecule has 2 aliphatic heterocycles. The standard InChI is InChI=1S/C14H26N4O2/c1-16-12-5-3-6-17(9-12)10-13(19)18-7-2-4-11(8-18)14(15)20/h11-12,16H,2-10H2,1H3,(H2,15,20). The second kappa shape index (κ2) is 7.04. The number of nitrogens with zero attached hydrogens (tertiary/aromatic N) is 2. The molecule has 0 aromatic carbocycles. The summed E-state index contributed by atoms with van der Waals surface area (Å²) in [5.41, 5.74) is 5.35. The lowest BCUT2D eigenvalue weighted by atomic mass is 9.97. The Morgan fingerprint density at radius 2 is 1.95 bits per heavy atom. The van der Waals surface area contributed by atoms with Crippen LogP contribution in [0.25, 0.3) is 0 Å². The smallest absolute Gasteiger partial charge is 0.236 e. The van der Waals surface area contributed by atoms with Crippen LogP contribution in [-0.4, -0.2) is 67.4 Å². The lowest BCUT2D eigenvalue weighted by Crippen LogP contribution is -2.51. The van der Waals surface area contributed by atoms with Crippen LogP contribution in [0.1, 0.15) is 25.7 Å². The van der Waals surface area contributed by atoms with Gasteiger partial charge in [0, 0.05) is 25.7 Å². The molecule has 0 aromatic rings. The zero-order valence-electron chi connectivity index (χ0n) is 12.3. The number of likely N-dealkylation sites (N-methyl/N-ethyl adjacent to an activating group) is 1. The zero-order chi connectivity index (χ0) is 14.5. The second-order valence-electron chi connectivity index (χ2n) is 5.94. The molecule has 2 heterocycles. The first-order valence-electron chi connectivity index (χ1n) is 7.57. The van der Waals surface area contributed by atoms with Gasteiger partial charge in [0.1, 0.15) is 0 Å². The Bertz CT molecular complexity index is 361. The maximum Gasteiger partial charge on any atom is 0.236 e. The fraction of sp³-hybridized carbons (Fsp3) is 0.857. The van der Waals surface area contributed by atoms with Crippen LogP contribution >= 0.6 is 0 Å². The molecule has 2 rings (SSSR count). The minimum absolute atomic E-state index is 0.132. The Labute approximate surface area is 120 Å². The van der Waals surface area contributed by atoms with E-state index in [9.17, 15) is 9.59 Å². The number of primary amides is 1. The number of amides is 2. The molecule has 0 aliphatic carbocycles. The minimum atomic E-state index is -0.282. The first-order valence-corrected chi connectivity index (χ1v) is 7.57. The molecule has 6 nitrogen and oxygen atoms in total. The van der Waals surface area contributed by atoms with Crippen molar-refractivity contribution in [2.45, 2.75) is 31.7 Å². The van der Waals surface area contributed by atoms with E-state index in [1.807, 2.05) is 11.9 Å². The zero-order valence-corrected chi connectivity index (χ0v) is 12.3. The van der Waals surface area contributed by atoms with Gasteiger partial charge in [-0.3, -0.25) is 14.5 Å². The van der Waals surface area contributed by atoms with E-state index in [0.717, 1.165) is 38.9 Å². The lowest BCUT2D eigenvalue weighted by molar-refractivity contribution is -0.136. The van der Waals surface area contributed by atoms with E-state index in [1.165, 1.54) is 6.42 Å². The number of carbonyl (C=O) groups excluding carboxylic acids is 2. The number of rotatable bonds is 4. The summed E-state index contributed by atoms with van der Waals surface area (Å²) in [4.78, 5) is 27.6. The summed E-state index contributed by atoms with van der Waals surface area (Å²) in [6, 6.07) is 0.483. The van der Waals surface area contributed by atoms with E-state index < -0.39 is 0 Å². The van der Waals surface area contributed by atoms with E-state index in [4.69, 9.17) is 5.73 Å². The maximum atomic E-state index is 12.3. The van der Waals surface area contributed by atoms with Crippen molar-refractivity contribution in [1.82, 2.24) is 15.1 Å². The van der Waals surface area contributed by atoms with Crippen molar-refractivity contribution in [2.75, 3.05) is 39.8 Å². The fourth-order valence-electron chi connectivity index (χ4n) is 3.16. The van der Waals surface area contributed by atoms with Crippen LogP contribution in [0.4, 0.5) is 0 Å². The molecule has 3 N–H and O–H groups in total. The van der Waals surface area contributed by atoms with Gasteiger partial charge in [-0.1, -0.05) is 0 Å². The van der Waals surface area contributed by atoms with Crippen LogP contribution < -0.4 is 11.1 Å². The highest BCUT2D eigenvalue weighted by Gasteiger charge is 2.28. The quantitative estimate of drug-likeness (QED) is 0.721. The number of piperidine rings is 2. The van der Waals surface area contributed by atoms with E-state index in [2.05, 4.69) is 10.2 Å². The van der Waals surface area contributed by atoms with Crippen LogP contribution in [0, 0.1) is 5.92 Å². The summed E-state index contributed by atoms with van der Waals surface area (Å²) in [6.45, 7) is 3.62. The van der Waals surface area contributed by atoms with Crippen LogP contribution in [-0.2, 0) is 9.59 Å². The van der Waals surface area contributed by atoms with E-state index in [0.29, 0.717) is 19.1 Å². The van der Waals surface area contributed by atoms with Gasteiger partial charge in [0.05, 0.1) is 12.5 Å². The molecule has 2 saturated heterocycles. The van der Waals surface area contributed by atoms with E-state index >= 15 is 0 Å². The third kappa shape index (κ3) is 3.93. The Balaban J connectivity index is 1.83. The number of hydrogen-bond acceptors (Lipinski definition) is 4. The number of nitrogens with one attached hydrogen (secondary N) is 1. The van der Waals surface area contributed by atoms with Crippen molar-refractivity contribution in [1.29, 1.82) is 0 Å². The summed E-state index contributed by atoms with van der Waals surface area (Å²) in [7, 11) is 1.97. The molecule has 0 bridgehead atoms. The summed E-state index contributed by atoms with van der Waals surface area (Å²) in [5, 5.41) is 3.28. The SMILES string of the molecule is CNC1CCCN(CC(=O)N2CCCC(C(N)=O)C2)C1. The predicted molar refractivity (Wildman–Crippen MR) is 77.0 cm³/mol. The third-order valence-electron chi connectivity index (χ3n) is 4.45. The highest BCUT2D eigenvalue weighted by atomic mass is 16.2. The Hall–Kier alpha value is -1.14. The number of hydrogen-bond donors (Lipinski definition) is 2. The average molecular weight is 282 g/mol. The van der Waals surface area contributed by atoms with Gasteiger partial charge in [-0.15, -0.1) is 0 Å². The second-order valence-corrected chi connectivity index (χ2v) is 5.94. The molecule has 2 fully saturated rings. The van der Waals surface area contributed by atoms with Crippen molar-refractivity contribution in [3.8, 4) is 0 Å². The van der Waals surface area contributed by atoms with Gasteiger partial charge in [0.15, 0.2) is 0 Å². The van der Waals surface area contributed by atoms with Crippen LogP contribution in [0.2, 0.25) is 0 Å². The molecule has 6 heteroatoms.